The molecular formula is C17H17ClN2O3. The van der Waals surface area contributed by atoms with Gasteiger partial charge in [0.2, 0.25) is 0 Å². The van der Waals surface area contributed by atoms with Crippen molar-refractivity contribution in [1.82, 2.24) is 5.32 Å². The Hall–Kier alpha value is -2.53. The van der Waals surface area contributed by atoms with Crippen molar-refractivity contribution in [2.45, 2.75) is 13.0 Å². The first-order chi connectivity index (χ1) is 11.0. The first-order valence-corrected chi connectivity index (χ1v) is 7.39. The number of benzene rings is 2. The monoisotopic (exact) mass is 332 g/mol. The molecule has 2 aromatic carbocycles. The van der Waals surface area contributed by atoms with Gasteiger partial charge in [-0.25, -0.2) is 0 Å². The zero-order valence-electron chi connectivity index (χ0n) is 12.8. The van der Waals surface area contributed by atoms with Crippen LogP contribution in [0.2, 0.25) is 5.02 Å². The van der Waals surface area contributed by atoms with E-state index in [-0.39, 0.29) is 6.04 Å². The molecule has 0 aliphatic carbocycles. The largest absolute Gasteiger partial charge is 0.495 e. The smallest absolute Gasteiger partial charge is 0.313 e. The fourth-order valence-electron chi connectivity index (χ4n) is 2.04. The van der Waals surface area contributed by atoms with E-state index in [0.717, 1.165) is 5.56 Å². The van der Waals surface area contributed by atoms with Gasteiger partial charge in [0.15, 0.2) is 0 Å². The molecule has 0 saturated carbocycles. The fourth-order valence-corrected chi connectivity index (χ4v) is 2.22. The molecular weight excluding hydrogens is 316 g/mol. The third-order valence-corrected chi connectivity index (χ3v) is 3.50. The lowest BCUT2D eigenvalue weighted by molar-refractivity contribution is -0.136. The van der Waals surface area contributed by atoms with Crippen molar-refractivity contribution in [2.75, 3.05) is 12.4 Å². The first kappa shape index (κ1) is 16.8. The lowest BCUT2D eigenvalue weighted by atomic mass is 10.1. The molecule has 2 amide bonds. The highest BCUT2D eigenvalue weighted by atomic mass is 35.5. The predicted octanol–water partition coefficient (Wildman–Crippen LogP) is 3.16. The molecule has 2 N–H and O–H groups in total. The number of nitrogens with one attached hydrogen (secondary N) is 2. The normalized spacial score (nSPS) is 11.4. The van der Waals surface area contributed by atoms with Crippen LogP contribution in [0.5, 0.6) is 5.75 Å². The third kappa shape index (κ3) is 4.47. The summed E-state index contributed by atoms with van der Waals surface area (Å²) in [4.78, 5) is 24.1. The van der Waals surface area contributed by atoms with Gasteiger partial charge in [-0.1, -0.05) is 41.9 Å². The maximum Gasteiger partial charge on any atom is 0.313 e. The lowest BCUT2D eigenvalue weighted by Crippen LogP contribution is -2.37. The minimum Gasteiger partial charge on any atom is -0.495 e. The number of amides is 2. The molecule has 0 heterocycles. The van der Waals surface area contributed by atoms with Crippen LogP contribution in [0.3, 0.4) is 0 Å². The van der Waals surface area contributed by atoms with E-state index >= 15 is 0 Å². The minimum absolute atomic E-state index is 0.282. The number of carbonyl (C=O) groups is 2. The van der Waals surface area contributed by atoms with E-state index in [1.807, 2.05) is 30.3 Å². The SMILES string of the molecule is COc1ccc(Cl)cc1NC(=O)C(=O)NC(C)c1ccccc1. The van der Waals surface area contributed by atoms with Crippen LogP contribution < -0.4 is 15.4 Å². The number of ether oxygens (including phenoxy) is 1. The molecule has 5 nitrogen and oxygen atoms in total. The Morgan fingerprint density at radius 1 is 1.09 bits per heavy atom. The molecule has 0 fully saturated rings. The number of carbonyl (C=O) groups excluding carboxylic acids is 2. The quantitative estimate of drug-likeness (QED) is 0.845. The molecule has 0 bridgehead atoms. The second-order valence-electron chi connectivity index (χ2n) is 4.90. The summed E-state index contributed by atoms with van der Waals surface area (Å²) in [6, 6.07) is 13.9. The highest BCUT2D eigenvalue weighted by Gasteiger charge is 2.18. The Bertz CT molecular complexity index is 704. The van der Waals surface area contributed by atoms with Crippen molar-refractivity contribution < 1.29 is 14.3 Å². The van der Waals surface area contributed by atoms with E-state index < -0.39 is 11.8 Å². The number of hydrogen-bond acceptors (Lipinski definition) is 3. The van der Waals surface area contributed by atoms with Crippen LogP contribution in [0.15, 0.2) is 48.5 Å². The van der Waals surface area contributed by atoms with Gasteiger partial charge >= 0.3 is 11.8 Å². The minimum atomic E-state index is -0.784. The summed E-state index contributed by atoms with van der Waals surface area (Å²) in [6.45, 7) is 1.81. The second kappa shape index (κ2) is 7.65. The van der Waals surface area contributed by atoms with Crippen molar-refractivity contribution in [1.29, 1.82) is 0 Å². The van der Waals surface area contributed by atoms with Crippen molar-refractivity contribution >= 4 is 29.1 Å². The maximum absolute atomic E-state index is 12.0. The number of halogens is 1. The molecule has 0 saturated heterocycles. The summed E-state index contributed by atoms with van der Waals surface area (Å²) in [7, 11) is 1.47. The van der Waals surface area contributed by atoms with Crippen LogP contribution in [-0.2, 0) is 9.59 Å². The highest BCUT2D eigenvalue weighted by molar-refractivity contribution is 6.40. The summed E-state index contributed by atoms with van der Waals surface area (Å²) in [5.41, 5.74) is 1.25. The van der Waals surface area contributed by atoms with E-state index in [0.29, 0.717) is 16.5 Å². The molecule has 0 aliphatic rings. The lowest BCUT2D eigenvalue weighted by Gasteiger charge is -2.15. The van der Waals surface area contributed by atoms with Crippen LogP contribution >= 0.6 is 11.6 Å². The Balaban J connectivity index is 2.03. The number of anilines is 1. The van der Waals surface area contributed by atoms with Crippen LogP contribution in [0, 0.1) is 0 Å². The molecule has 0 spiro atoms. The standard InChI is InChI=1S/C17H17ClN2O3/c1-11(12-6-4-3-5-7-12)19-16(21)17(22)20-14-10-13(18)8-9-15(14)23-2/h3-11H,1-2H3,(H,19,21)(H,20,22). The Morgan fingerprint density at radius 3 is 2.43 bits per heavy atom. The fraction of sp³-hybridized carbons (Fsp3) is 0.176. The molecule has 6 heteroatoms. The highest BCUT2D eigenvalue weighted by Crippen LogP contribution is 2.27. The van der Waals surface area contributed by atoms with Crippen LogP contribution in [0.4, 0.5) is 5.69 Å². The molecule has 120 valence electrons. The molecule has 0 aromatic heterocycles. The van der Waals surface area contributed by atoms with Crippen molar-refractivity contribution in [3.63, 3.8) is 0 Å². The van der Waals surface area contributed by atoms with Gasteiger partial charge in [-0.2, -0.15) is 0 Å². The second-order valence-corrected chi connectivity index (χ2v) is 5.34. The predicted molar refractivity (Wildman–Crippen MR) is 89.6 cm³/mol. The van der Waals surface area contributed by atoms with Gasteiger partial charge in [0.1, 0.15) is 5.75 Å². The van der Waals surface area contributed by atoms with Crippen LogP contribution in [-0.4, -0.2) is 18.9 Å². The molecule has 0 radical (unpaired) electrons. The zero-order chi connectivity index (χ0) is 16.8. The topological polar surface area (TPSA) is 67.4 Å². The molecule has 1 unspecified atom stereocenters. The van der Waals surface area contributed by atoms with Gasteiger partial charge in [0.05, 0.1) is 18.8 Å². The molecule has 2 aromatic rings. The molecule has 2 rings (SSSR count). The first-order valence-electron chi connectivity index (χ1n) is 7.01. The number of rotatable bonds is 4. The van der Waals surface area contributed by atoms with Crippen molar-refractivity contribution in [3.8, 4) is 5.75 Å². The summed E-state index contributed by atoms with van der Waals surface area (Å²) >= 11 is 5.89. The van der Waals surface area contributed by atoms with Crippen LogP contribution in [0.25, 0.3) is 0 Å². The Kier molecular flexibility index (Phi) is 5.60. The zero-order valence-corrected chi connectivity index (χ0v) is 13.6. The summed E-state index contributed by atoms with van der Waals surface area (Å²) < 4.78 is 5.13. The van der Waals surface area contributed by atoms with Gasteiger partial charge < -0.3 is 15.4 Å². The molecule has 0 aliphatic heterocycles. The van der Waals surface area contributed by atoms with Crippen molar-refractivity contribution in [2.24, 2.45) is 0 Å². The van der Waals surface area contributed by atoms with Gasteiger partial charge in [0.25, 0.3) is 0 Å². The Morgan fingerprint density at radius 2 is 1.78 bits per heavy atom. The summed E-state index contributed by atoms with van der Waals surface area (Å²) in [5.74, 6) is -1.09. The average Bonchev–Trinajstić information content (AvgIpc) is 2.55. The molecule has 23 heavy (non-hydrogen) atoms. The van der Waals surface area contributed by atoms with E-state index in [9.17, 15) is 9.59 Å². The summed E-state index contributed by atoms with van der Waals surface area (Å²) in [6.07, 6.45) is 0. The summed E-state index contributed by atoms with van der Waals surface area (Å²) in [5, 5.41) is 5.57. The average molecular weight is 333 g/mol. The number of methoxy groups -OCH3 is 1. The van der Waals surface area contributed by atoms with Gasteiger partial charge in [-0.3, -0.25) is 9.59 Å². The van der Waals surface area contributed by atoms with Crippen molar-refractivity contribution in [3.05, 3.63) is 59.1 Å². The van der Waals surface area contributed by atoms with E-state index in [1.54, 1.807) is 19.1 Å². The van der Waals surface area contributed by atoms with Gasteiger partial charge in [0, 0.05) is 5.02 Å². The third-order valence-electron chi connectivity index (χ3n) is 3.26. The maximum atomic E-state index is 12.0. The van der Waals surface area contributed by atoms with E-state index in [2.05, 4.69) is 10.6 Å². The Labute approximate surface area is 139 Å². The van der Waals surface area contributed by atoms with Gasteiger partial charge in [-0.05, 0) is 30.7 Å². The number of hydrogen-bond donors (Lipinski definition) is 2. The molecule has 1 atom stereocenters. The van der Waals surface area contributed by atoms with Crippen LogP contribution in [0.1, 0.15) is 18.5 Å². The van der Waals surface area contributed by atoms with E-state index in [1.165, 1.54) is 13.2 Å². The van der Waals surface area contributed by atoms with E-state index in [4.69, 9.17) is 16.3 Å². The van der Waals surface area contributed by atoms with Gasteiger partial charge in [-0.15, -0.1) is 0 Å².